The molecule has 2 atom stereocenters. The third-order valence-corrected chi connectivity index (χ3v) is 3.65. The van der Waals surface area contributed by atoms with Crippen molar-refractivity contribution in [2.24, 2.45) is 11.5 Å². The first-order valence-electron chi connectivity index (χ1n) is 7.93. The van der Waals surface area contributed by atoms with Crippen molar-refractivity contribution in [2.45, 2.75) is 57.5 Å². The van der Waals surface area contributed by atoms with Gasteiger partial charge in [-0.25, -0.2) is 0 Å². The van der Waals surface area contributed by atoms with Crippen LogP contribution in [0.3, 0.4) is 0 Å². The maximum atomic E-state index is 12.1. The van der Waals surface area contributed by atoms with Gasteiger partial charge in [-0.1, -0.05) is 62.9 Å². The molecule has 0 saturated carbocycles. The molecule has 22 heavy (non-hydrogen) atoms. The third-order valence-electron chi connectivity index (χ3n) is 3.65. The summed E-state index contributed by atoms with van der Waals surface area (Å²) in [7, 11) is 0. The lowest BCUT2D eigenvalue weighted by Crippen LogP contribution is -2.51. The van der Waals surface area contributed by atoms with E-state index in [4.69, 9.17) is 11.5 Å². The van der Waals surface area contributed by atoms with Crippen molar-refractivity contribution in [2.75, 3.05) is 0 Å². The molecule has 0 aliphatic rings. The Morgan fingerprint density at radius 1 is 1.14 bits per heavy atom. The molecule has 0 unspecified atom stereocenters. The van der Waals surface area contributed by atoms with Crippen molar-refractivity contribution < 1.29 is 9.59 Å². The van der Waals surface area contributed by atoms with Gasteiger partial charge in [-0.3, -0.25) is 9.59 Å². The molecule has 0 spiro atoms. The Bertz CT molecular complexity index is 462. The summed E-state index contributed by atoms with van der Waals surface area (Å²) in [5, 5.41) is 2.67. The van der Waals surface area contributed by atoms with Crippen LogP contribution in [0.15, 0.2) is 30.3 Å². The van der Waals surface area contributed by atoms with E-state index in [1.807, 2.05) is 30.3 Å². The van der Waals surface area contributed by atoms with Crippen LogP contribution in [0.5, 0.6) is 0 Å². The van der Waals surface area contributed by atoms with Crippen LogP contribution in [0.25, 0.3) is 0 Å². The second-order valence-electron chi connectivity index (χ2n) is 5.61. The van der Waals surface area contributed by atoms with Crippen molar-refractivity contribution in [3.8, 4) is 0 Å². The number of nitrogens with two attached hydrogens (primary N) is 2. The van der Waals surface area contributed by atoms with Gasteiger partial charge in [0.25, 0.3) is 0 Å². The molecule has 1 rings (SSSR count). The van der Waals surface area contributed by atoms with Gasteiger partial charge in [-0.2, -0.15) is 0 Å². The Labute approximate surface area is 132 Å². The topological polar surface area (TPSA) is 98.2 Å². The van der Waals surface area contributed by atoms with Crippen LogP contribution < -0.4 is 16.8 Å². The van der Waals surface area contributed by atoms with Crippen molar-refractivity contribution in [3.05, 3.63) is 35.9 Å². The van der Waals surface area contributed by atoms with E-state index < -0.39 is 18.0 Å². The number of nitrogens with one attached hydrogen (secondary N) is 1. The summed E-state index contributed by atoms with van der Waals surface area (Å²) in [5.74, 6) is -0.855. The summed E-state index contributed by atoms with van der Waals surface area (Å²) >= 11 is 0. The van der Waals surface area contributed by atoms with Crippen LogP contribution in [0.2, 0.25) is 0 Å². The number of carbonyl (C=O) groups excluding carboxylic acids is 2. The quantitative estimate of drug-likeness (QED) is 0.571. The fraction of sp³-hybridized carbons (Fsp3) is 0.529. The fourth-order valence-corrected chi connectivity index (χ4v) is 2.27. The highest BCUT2D eigenvalue weighted by molar-refractivity contribution is 5.89. The van der Waals surface area contributed by atoms with E-state index in [2.05, 4.69) is 12.2 Å². The Morgan fingerprint density at radius 2 is 1.82 bits per heavy atom. The first-order chi connectivity index (χ1) is 10.5. The van der Waals surface area contributed by atoms with Gasteiger partial charge >= 0.3 is 0 Å². The molecule has 5 N–H and O–H groups in total. The SMILES string of the molecule is CCCCCC[C@H](N)C(=O)N[C@@H](Cc1ccccc1)C(N)=O. The van der Waals surface area contributed by atoms with Crippen LogP contribution in [-0.4, -0.2) is 23.9 Å². The molecule has 0 radical (unpaired) electrons. The standard InChI is InChI=1S/C17H27N3O2/c1-2-3-4-8-11-14(18)17(22)20-15(16(19)21)12-13-9-6-5-7-10-13/h5-7,9-10,14-15H,2-4,8,11-12,18H2,1H3,(H2,19,21)(H,20,22)/t14-,15-/m0/s1. The summed E-state index contributed by atoms with van der Waals surface area (Å²) in [6.45, 7) is 2.13. The first kappa shape index (κ1) is 18.2. The number of carbonyl (C=O) groups is 2. The molecule has 5 heteroatoms. The van der Waals surface area contributed by atoms with Crippen molar-refractivity contribution in [3.63, 3.8) is 0 Å². The number of unbranched alkanes of at least 4 members (excludes halogenated alkanes) is 3. The van der Waals surface area contributed by atoms with Gasteiger partial charge in [-0.15, -0.1) is 0 Å². The van der Waals surface area contributed by atoms with Gasteiger partial charge < -0.3 is 16.8 Å². The van der Waals surface area contributed by atoms with Gasteiger partial charge in [0.05, 0.1) is 6.04 Å². The summed E-state index contributed by atoms with van der Waals surface area (Å²) < 4.78 is 0. The number of benzene rings is 1. The fourth-order valence-electron chi connectivity index (χ4n) is 2.27. The highest BCUT2D eigenvalue weighted by Crippen LogP contribution is 2.06. The minimum absolute atomic E-state index is 0.309. The molecule has 0 aliphatic heterocycles. The van der Waals surface area contributed by atoms with Gasteiger partial charge in [0.15, 0.2) is 0 Å². The number of hydrogen-bond acceptors (Lipinski definition) is 3. The Morgan fingerprint density at radius 3 is 2.41 bits per heavy atom. The molecule has 0 fully saturated rings. The van der Waals surface area contributed by atoms with Crippen molar-refractivity contribution in [1.29, 1.82) is 0 Å². The molecule has 5 nitrogen and oxygen atoms in total. The van der Waals surface area contributed by atoms with Crippen LogP contribution in [0.1, 0.15) is 44.6 Å². The lowest BCUT2D eigenvalue weighted by Gasteiger charge is -2.18. The molecule has 0 aromatic heterocycles. The maximum absolute atomic E-state index is 12.1. The number of primary amides is 1. The first-order valence-corrected chi connectivity index (χ1v) is 7.93. The van der Waals surface area contributed by atoms with Gasteiger partial charge in [-0.05, 0) is 12.0 Å². The number of hydrogen-bond donors (Lipinski definition) is 3. The molecule has 122 valence electrons. The molecular weight excluding hydrogens is 278 g/mol. The molecule has 1 aromatic carbocycles. The Balaban J connectivity index is 2.48. The van der Waals surface area contributed by atoms with E-state index in [1.54, 1.807) is 0 Å². The van der Waals surface area contributed by atoms with E-state index in [-0.39, 0.29) is 5.91 Å². The maximum Gasteiger partial charge on any atom is 0.240 e. The molecule has 1 aromatic rings. The van der Waals surface area contributed by atoms with Crippen molar-refractivity contribution in [1.82, 2.24) is 5.32 Å². The van der Waals surface area contributed by atoms with E-state index in [1.165, 1.54) is 0 Å². The minimum atomic E-state index is -0.725. The lowest BCUT2D eigenvalue weighted by molar-refractivity contribution is -0.128. The van der Waals surface area contributed by atoms with Crippen LogP contribution >= 0.6 is 0 Å². The molecule has 0 aliphatic carbocycles. The summed E-state index contributed by atoms with van der Waals surface area (Å²) in [4.78, 5) is 23.6. The average molecular weight is 305 g/mol. The molecule has 0 saturated heterocycles. The summed E-state index contributed by atoms with van der Waals surface area (Å²) in [6.07, 6.45) is 5.28. The number of amides is 2. The predicted molar refractivity (Wildman–Crippen MR) is 88.0 cm³/mol. The second-order valence-corrected chi connectivity index (χ2v) is 5.61. The van der Waals surface area contributed by atoms with Crippen molar-refractivity contribution >= 4 is 11.8 Å². The van der Waals surface area contributed by atoms with Crippen LogP contribution in [-0.2, 0) is 16.0 Å². The molecule has 0 bridgehead atoms. The summed E-state index contributed by atoms with van der Waals surface area (Å²) in [5.41, 5.74) is 12.2. The Kier molecular flexibility index (Phi) is 8.22. The van der Waals surface area contributed by atoms with Crippen LogP contribution in [0, 0.1) is 0 Å². The zero-order chi connectivity index (χ0) is 16.4. The normalized spacial score (nSPS) is 13.4. The van der Waals surface area contributed by atoms with E-state index in [0.29, 0.717) is 12.8 Å². The second kappa shape index (κ2) is 9.95. The highest BCUT2D eigenvalue weighted by atomic mass is 16.2. The minimum Gasteiger partial charge on any atom is -0.368 e. The van der Waals surface area contributed by atoms with E-state index in [9.17, 15) is 9.59 Å². The van der Waals surface area contributed by atoms with Crippen LogP contribution in [0.4, 0.5) is 0 Å². The van der Waals surface area contributed by atoms with E-state index in [0.717, 1.165) is 31.2 Å². The van der Waals surface area contributed by atoms with Gasteiger partial charge in [0.1, 0.15) is 6.04 Å². The zero-order valence-corrected chi connectivity index (χ0v) is 13.3. The van der Waals surface area contributed by atoms with E-state index >= 15 is 0 Å². The monoisotopic (exact) mass is 305 g/mol. The predicted octanol–water partition coefficient (Wildman–Crippen LogP) is 1.50. The average Bonchev–Trinajstić information content (AvgIpc) is 2.51. The summed E-state index contributed by atoms with van der Waals surface area (Å²) in [6, 6.07) is 8.14. The molecule has 0 heterocycles. The highest BCUT2D eigenvalue weighted by Gasteiger charge is 2.21. The van der Waals surface area contributed by atoms with Gasteiger partial charge in [0, 0.05) is 6.42 Å². The molecular formula is C17H27N3O2. The number of rotatable bonds is 10. The molecule has 2 amide bonds. The lowest BCUT2D eigenvalue weighted by atomic mass is 10.0. The smallest absolute Gasteiger partial charge is 0.240 e. The third kappa shape index (κ3) is 6.72. The van der Waals surface area contributed by atoms with Gasteiger partial charge in [0.2, 0.25) is 11.8 Å². The largest absolute Gasteiger partial charge is 0.368 e. The Hall–Kier alpha value is -1.88. The zero-order valence-electron chi connectivity index (χ0n) is 13.3.